The van der Waals surface area contributed by atoms with Crippen LogP contribution in [0, 0.1) is 0 Å². The summed E-state index contributed by atoms with van der Waals surface area (Å²) >= 11 is 1.64. The van der Waals surface area contributed by atoms with Crippen LogP contribution in [0.5, 0.6) is 0 Å². The Morgan fingerprint density at radius 1 is 1.50 bits per heavy atom. The fourth-order valence-corrected chi connectivity index (χ4v) is 3.11. The Morgan fingerprint density at radius 3 is 3.00 bits per heavy atom. The van der Waals surface area contributed by atoms with Gasteiger partial charge in [-0.3, -0.25) is 4.79 Å². The summed E-state index contributed by atoms with van der Waals surface area (Å²) in [5, 5.41) is 11.7. The topological polar surface area (TPSA) is 60.2 Å². The number of amides is 1. The first-order valence-electron chi connectivity index (χ1n) is 6.46. The highest BCUT2D eigenvalue weighted by Gasteiger charge is 2.31. The molecule has 0 aliphatic carbocycles. The molecule has 20 heavy (non-hydrogen) atoms. The van der Waals surface area contributed by atoms with Gasteiger partial charge < -0.3 is 9.64 Å². The minimum Gasteiger partial charge on any atom is -0.367 e. The van der Waals surface area contributed by atoms with E-state index in [1.54, 1.807) is 18.4 Å². The zero-order valence-electron chi connectivity index (χ0n) is 11.4. The van der Waals surface area contributed by atoms with Crippen LogP contribution in [0.15, 0.2) is 23.0 Å². The van der Waals surface area contributed by atoms with Crippen LogP contribution < -0.4 is 0 Å². The standard InChI is InChI=1S/C13H16N4O2S/c1-9-6-17(13(18)11-5-14-15-16(11)2)7-12(19-9)10-3-4-20-8-10/h3-5,8-9,12H,6-7H2,1-2H3/t9-,12-/m1/s1. The maximum atomic E-state index is 12.5. The van der Waals surface area contributed by atoms with Gasteiger partial charge in [0.05, 0.1) is 18.8 Å². The van der Waals surface area contributed by atoms with Gasteiger partial charge in [0.15, 0.2) is 0 Å². The van der Waals surface area contributed by atoms with Crippen molar-refractivity contribution >= 4 is 17.2 Å². The molecule has 0 N–H and O–H groups in total. The summed E-state index contributed by atoms with van der Waals surface area (Å²) in [5.41, 5.74) is 1.63. The van der Waals surface area contributed by atoms with Crippen molar-refractivity contribution in [3.05, 3.63) is 34.3 Å². The second-order valence-corrected chi connectivity index (χ2v) is 5.73. The summed E-state index contributed by atoms with van der Waals surface area (Å²) in [6, 6.07) is 2.04. The SMILES string of the molecule is C[C@@H]1CN(C(=O)c2cnnn2C)C[C@H](c2ccsc2)O1. The van der Waals surface area contributed by atoms with Gasteiger partial charge in [0.1, 0.15) is 11.8 Å². The number of rotatable bonds is 2. The number of hydrogen-bond donors (Lipinski definition) is 0. The van der Waals surface area contributed by atoms with E-state index in [1.807, 2.05) is 23.3 Å². The molecule has 0 bridgehead atoms. The average molecular weight is 292 g/mol. The fraction of sp³-hybridized carbons (Fsp3) is 0.462. The Labute approximate surface area is 121 Å². The van der Waals surface area contributed by atoms with Crippen molar-refractivity contribution in [3.8, 4) is 0 Å². The van der Waals surface area contributed by atoms with Crippen LogP contribution in [0.3, 0.4) is 0 Å². The molecule has 6 nitrogen and oxygen atoms in total. The summed E-state index contributed by atoms with van der Waals surface area (Å²) in [7, 11) is 1.72. The minimum atomic E-state index is -0.0601. The Hall–Kier alpha value is -1.73. The quantitative estimate of drug-likeness (QED) is 0.841. The minimum absolute atomic E-state index is 0.0128. The van der Waals surface area contributed by atoms with Crippen LogP contribution in [0.1, 0.15) is 29.1 Å². The third kappa shape index (κ3) is 2.46. The van der Waals surface area contributed by atoms with E-state index in [-0.39, 0.29) is 18.1 Å². The zero-order chi connectivity index (χ0) is 14.1. The van der Waals surface area contributed by atoms with Crippen molar-refractivity contribution in [2.24, 2.45) is 7.05 Å². The highest BCUT2D eigenvalue weighted by atomic mass is 32.1. The summed E-state index contributed by atoms with van der Waals surface area (Å²) in [6.07, 6.45) is 1.45. The van der Waals surface area contributed by atoms with Crippen LogP contribution in [0.25, 0.3) is 0 Å². The van der Waals surface area contributed by atoms with E-state index >= 15 is 0 Å². The normalized spacial score (nSPS) is 23.0. The van der Waals surface area contributed by atoms with Crippen LogP contribution in [0.4, 0.5) is 0 Å². The molecule has 3 rings (SSSR count). The van der Waals surface area contributed by atoms with Crippen molar-refractivity contribution in [1.82, 2.24) is 19.9 Å². The maximum absolute atomic E-state index is 12.5. The molecule has 0 radical (unpaired) electrons. The summed E-state index contributed by atoms with van der Waals surface area (Å²) < 4.78 is 7.44. The predicted octanol–water partition coefficient (Wildman–Crippen LogP) is 1.48. The largest absolute Gasteiger partial charge is 0.367 e. The molecule has 0 spiro atoms. The number of morpholine rings is 1. The number of hydrogen-bond acceptors (Lipinski definition) is 5. The molecule has 1 amide bonds. The Morgan fingerprint density at radius 2 is 2.35 bits per heavy atom. The van der Waals surface area contributed by atoms with Crippen molar-refractivity contribution in [3.63, 3.8) is 0 Å². The van der Waals surface area contributed by atoms with E-state index in [0.717, 1.165) is 5.56 Å². The first-order valence-corrected chi connectivity index (χ1v) is 7.41. The average Bonchev–Trinajstić information content (AvgIpc) is 3.08. The first-order chi connectivity index (χ1) is 9.65. The van der Waals surface area contributed by atoms with Gasteiger partial charge in [-0.05, 0) is 29.3 Å². The van der Waals surface area contributed by atoms with Gasteiger partial charge in [-0.1, -0.05) is 5.21 Å². The van der Waals surface area contributed by atoms with E-state index in [1.165, 1.54) is 10.9 Å². The lowest BCUT2D eigenvalue weighted by molar-refractivity contribution is -0.0692. The van der Waals surface area contributed by atoms with Crippen LogP contribution in [-0.4, -0.2) is 45.0 Å². The molecule has 2 aromatic rings. The van der Waals surface area contributed by atoms with Crippen LogP contribution in [0.2, 0.25) is 0 Å². The highest BCUT2D eigenvalue weighted by Crippen LogP contribution is 2.27. The van der Waals surface area contributed by atoms with Crippen molar-refractivity contribution < 1.29 is 9.53 Å². The molecule has 1 fully saturated rings. The van der Waals surface area contributed by atoms with Gasteiger partial charge in [-0.15, -0.1) is 5.10 Å². The summed E-state index contributed by atoms with van der Waals surface area (Å²) in [4.78, 5) is 14.3. The van der Waals surface area contributed by atoms with Crippen LogP contribution >= 0.6 is 11.3 Å². The molecule has 7 heteroatoms. The number of aromatic nitrogens is 3. The zero-order valence-corrected chi connectivity index (χ0v) is 12.2. The second-order valence-electron chi connectivity index (χ2n) is 4.95. The lowest BCUT2D eigenvalue weighted by atomic mass is 10.1. The number of thiophene rings is 1. The summed E-state index contributed by atoms with van der Waals surface area (Å²) in [5.74, 6) is -0.0483. The monoisotopic (exact) mass is 292 g/mol. The molecule has 1 aliphatic rings. The van der Waals surface area contributed by atoms with Crippen molar-refractivity contribution in [2.45, 2.75) is 19.1 Å². The van der Waals surface area contributed by atoms with Gasteiger partial charge in [-0.2, -0.15) is 11.3 Å². The third-order valence-electron chi connectivity index (χ3n) is 3.40. The Kier molecular flexibility index (Phi) is 3.54. The van der Waals surface area contributed by atoms with Crippen molar-refractivity contribution in [2.75, 3.05) is 13.1 Å². The second kappa shape index (κ2) is 5.34. The number of carbonyl (C=O) groups is 1. The van der Waals surface area contributed by atoms with Crippen molar-refractivity contribution in [1.29, 1.82) is 0 Å². The molecule has 106 valence electrons. The van der Waals surface area contributed by atoms with E-state index in [9.17, 15) is 4.79 Å². The van der Waals surface area contributed by atoms with Gasteiger partial charge in [0.2, 0.25) is 0 Å². The predicted molar refractivity (Wildman–Crippen MR) is 74.5 cm³/mol. The number of carbonyl (C=O) groups excluding carboxylic acids is 1. The molecule has 0 aromatic carbocycles. The molecular weight excluding hydrogens is 276 g/mol. The number of ether oxygens (including phenoxy) is 1. The fourth-order valence-electron chi connectivity index (χ4n) is 2.40. The van der Waals surface area contributed by atoms with E-state index < -0.39 is 0 Å². The third-order valence-corrected chi connectivity index (χ3v) is 4.10. The van der Waals surface area contributed by atoms with E-state index in [0.29, 0.717) is 18.8 Å². The molecule has 2 atom stereocenters. The highest BCUT2D eigenvalue weighted by molar-refractivity contribution is 7.07. The molecule has 1 saturated heterocycles. The van der Waals surface area contributed by atoms with Gasteiger partial charge in [0, 0.05) is 13.6 Å². The van der Waals surface area contributed by atoms with Crippen LogP contribution in [-0.2, 0) is 11.8 Å². The molecular formula is C13H16N4O2S. The Bertz CT molecular complexity index is 595. The van der Waals surface area contributed by atoms with Gasteiger partial charge in [-0.25, -0.2) is 4.68 Å². The Balaban J connectivity index is 1.80. The molecule has 0 saturated carbocycles. The van der Waals surface area contributed by atoms with E-state index in [4.69, 9.17) is 4.74 Å². The summed E-state index contributed by atoms with van der Waals surface area (Å²) in [6.45, 7) is 3.13. The first kappa shape index (κ1) is 13.3. The lowest BCUT2D eigenvalue weighted by Gasteiger charge is -2.36. The molecule has 1 aliphatic heterocycles. The molecule has 0 unspecified atom stereocenters. The lowest BCUT2D eigenvalue weighted by Crippen LogP contribution is -2.46. The molecule has 2 aromatic heterocycles. The van der Waals surface area contributed by atoms with Gasteiger partial charge in [0.25, 0.3) is 5.91 Å². The van der Waals surface area contributed by atoms with E-state index in [2.05, 4.69) is 15.7 Å². The number of nitrogens with zero attached hydrogens (tertiary/aromatic N) is 4. The smallest absolute Gasteiger partial charge is 0.273 e. The van der Waals surface area contributed by atoms with Gasteiger partial charge >= 0.3 is 0 Å². The maximum Gasteiger partial charge on any atom is 0.273 e. The number of aryl methyl sites for hydroxylation is 1. The molecule has 3 heterocycles.